The Kier molecular flexibility index (Phi) is 2.85. The molecule has 0 saturated heterocycles. The van der Waals surface area contributed by atoms with E-state index in [1.807, 2.05) is 30.3 Å². The first kappa shape index (κ1) is 8.49. The molecule has 0 atom stereocenters. The van der Waals surface area contributed by atoms with E-state index >= 15 is 0 Å². The molecule has 1 aliphatic rings. The third-order valence-corrected chi connectivity index (χ3v) is 1.55. The van der Waals surface area contributed by atoms with E-state index in [-0.39, 0.29) is 19.8 Å². The third kappa shape index (κ3) is 1.70. The van der Waals surface area contributed by atoms with E-state index in [0.29, 0.717) is 6.61 Å². The van der Waals surface area contributed by atoms with Gasteiger partial charge >= 0.3 is 0 Å². The number of para-hydroxylation sites is 1. The zero-order valence-electron chi connectivity index (χ0n) is 5.93. The molecule has 0 fully saturated rings. The molecule has 1 aromatic rings. The second-order valence-corrected chi connectivity index (χ2v) is 2.25. The average molecular weight is 322 g/mol. The molecule has 2 heteroatoms. The molecule has 0 radical (unpaired) electrons. The number of hydrogen-bond acceptors (Lipinski definition) is 1. The van der Waals surface area contributed by atoms with Crippen molar-refractivity contribution in [3.63, 3.8) is 0 Å². The van der Waals surface area contributed by atoms with Gasteiger partial charge in [0.2, 0.25) is 0 Å². The Morgan fingerprint density at radius 2 is 2.00 bits per heavy atom. The van der Waals surface area contributed by atoms with Gasteiger partial charge in [0.05, 0.1) is 0 Å². The molecular formula is C9H8OOs. The minimum atomic E-state index is 0. The summed E-state index contributed by atoms with van der Waals surface area (Å²) in [6.07, 6.45) is 4.10. The van der Waals surface area contributed by atoms with Crippen LogP contribution in [-0.2, 0) is 19.8 Å². The largest absolute Gasteiger partial charge is 0.489 e. The van der Waals surface area contributed by atoms with Crippen molar-refractivity contribution in [1.29, 1.82) is 0 Å². The van der Waals surface area contributed by atoms with Crippen LogP contribution in [0.1, 0.15) is 5.56 Å². The molecule has 58 valence electrons. The van der Waals surface area contributed by atoms with E-state index in [1.165, 1.54) is 5.56 Å². The number of hydrogen-bond donors (Lipinski definition) is 0. The van der Waals surface area contributed by atoms with Crippen LogP contribution in [0, 0.1) is 0 Å². The second-order valence-electron chi connectivity index (χ2n) is 2.25. The van der Waals surface area contributed by atoms with Gasteiger partial charge < -0.3 is 4.74 Å². The zero-order chi connectivity index (χ0) is 6.81. The maximum Gasteiger partial charge on any atom is 0.126 e. The summed E-state index contributed by atoms with van der Waals surface area (Å²) in [5.74, 6) is 0.991. The van der Waals surface area contributed by atoms with Crippen LogP contribution < -0.4 is 4.74 Å². The summed E-state index contributed by atoms with van der Waals surface area (Å²) in [5.41, 5.74) is 1.17. The summed E-state index contributed by atoms with van der Waals surface area (Å²) >= 11 is 0. The fourth-order valence-electron chi connectivity index (χ4n) is 1.06. The molecule has 2 rings (SSSR count). The first-order chi connectivity index (χ1) is 4.97. The number of fused-ring (bicyclic) bond motifs is 1. The van der Waals surface area contributed by atoms with Crippen LogP contribution in [0.2, 0.25) is 0 Å². The summed E-state index contributed by atoms with van der Waals surface area (Å²) in [6.45, 7) is 0.705. The second kappa shape index (κ2) is 3.69. The fraction of sp³-hybridized carbons (Fsp3) is 0.111. The van der Waals surface area contributed by atoms with Gasteiger partial charge in [-0.1, -0.05) is 24.3 Å². The van der Waals surface area contributed by atoms with Crippen LogP contribution in [0.5, 0.6) is 5.75 Å². The maximum absolute atomic E-state index is 5.34. The van der Waals surface area contributed by atoms with E-state index in [4.69, 9.17) is 4.74 Å². The van der Waals surface area contributed by atoms with Crippen LogP contribution in [0.3, 0.4) is 0 Å². The first-order valence-corrected chi connectivity index (χ1v) is 3.35. The SMILES string of the molecule is C1=Cc2ccccc2OC1.[Os]. The van der Waals surface area contributed by atoms with Crippen LogP contribution >= 0.6 is 0 Å². The predicted octanol–water partition coefficient (Wildman–Crippen LogP) is 2.09. The Morgan fingerprint density at radius 3 is 2.82 bits per heavy atom. The van der Waals surface area contributed by atoms with Gasteiger partial charge in [-0.15, -0.1) is 0 Å². The monoisotopic (exact) mass is 324 g/mol. The summed E-state index contributed by atoms with van der Waals surface area (Å²) < 4.78 is 5.34. The average Bonchev–Trinajstić information content (AvgIpc) is 2.05. The molecule has 0 bridgehead atoms. The van der Waals surface area contributed by atoms with Crippen molar-refractivity contribution in [2.45, 2.75) is 0 Å². The van der Waals surface area contributed by atoms with E-state index in [9.17, 15) is 0 Å². The zero-order valence-corrected chi connectivity index (χ0v) is 8.47. The Bertz CT molecular complexity index is 268. The van der Waals surface area contributed by atoms with E-state index in [0.717, 1.165) is 5.75 Å². The van der Waals surface area contributed by atoms with Crippen molar-refractivity contribution >= 4 is 6.08 Å². The predicted molar refractivity (Wildman–Crippen MR) is 41.0 cm³/mol. The third-order valence-electron chi connectivity index (χ3n) is 1.55. The molecule has 0 unspecified atom stereocenters. The summed E-state index contributed by atoms with van der Waals surface area (Å²) in [4.78, 5) is 0. The van der Waals surface area contributed by atoms with Crippen molar-refractivity contribution in [2.24, 2.45) is 0 Å². The van der Waals surface area contributed by atoms with Gasteiger partial charge in [-0.2, -0.15) is 0 Å². The van der Waals surface area contributed by atoms with Gasteiger partial charge in [-0.3, -0.25) is 0 Å². The molecule has 11 heavy (non-hydrogen) atoms. The Morgan fingerprint density at radius 1 is 1.18 bits per heavy atom. The first-order valence-electron chi connectivity index (χ1n) is 3.35. The molecule has 0 N–H and O–H groups in total. The van der Waals surface area contributed by atoms with Crippen molar-refractivity contribution in [2.75, 3.05) is 6.61 Å². The molecule has 1 aliphatic heterocycles. The molecule has 1 nitrogen and oxygen atoms in total. The van der Waals surface area contributed by atoms with Crippen molar-refractivity contribution in [1.82, 2.24) is 0 Å². The fourth-order valence-corrected chi connectivity index (χ4v) is 1.06. The van der Waals surface area contributed by atoms with Crippen molar-refractivity contribution < 1.29 is 24.5 Å². The minimum absolute atomic E-state index is 0. The number of benzene rings is 1. The van der Waals surface area contributed by atoms with Gasteiger partial charge in [0.25, 0.3) is 0 Å². The Labute approximate surface area is 79.1 Å². The molecule has 0 amide bonds. The minimum Gasteiger partial charge on any atom is -0.489 e. The van der Waals surface area contributed by atoms with Crippen LogP contribution in [0.15, 0.2) is 30.3 Å². The smallest absolute Gasteiger partial charge is 0.126 e. The molecule has 0 spiro atoms. The molecule has 0 saturated carbocycles. The molecule has 1 aromatic carbocycles. The van der Waals surface area contributed by atoms with Crippen LogP contribution in [-0.4, -0.2) is 6.61 Å². The Hall–Kier alpha value is -0.604. The quantitative estimate of drug-likeness (QED) is 0.711. The molecular weight excluding hydrogens is 314 g/mol. The standard InChI is InChI=1S/C9H8O.Os/c1-2-6-9-8(4-1)5-3-7-10-9;/h1-6H,7H2;. The Balaban J connectivity index is 0.000000605. The van der Waals surface area contributed by atoms with Gasteiger partial charge in [0.15, 0.2) is 0 Å². The van der Waals surface area contributed by atoms with Gasteiger partial charge in [-0.05, 0) is 12.1 Å². The van der Waals surface area contributed by atoms with Gasteiger partial charge in [0, 0.05) is 25.4 Å². The maximum atomic E-state index is 5.34. The number of ether oxygens (including phenoxy) is 1. The topological polar surface area (TPSA) is 9.23 Å². The number of rotatable bonds is 0. The van der Waals surface area contributed by atoms with E-state index < -0.39 is 0 Å². The van der Waals surface area contributed by atoms with Crippen LogP contribution in [0.4, 0.5) is 0 Å². The van der Waals surface area contributed by atoms with Gasteiger partial charge in [-0.25, -0.2) is 0 Å². The molecule has 0 aromatic heterocycles. The molecule has 1 heterocycles. The summed E-state index contributed by atoms with van der Waals surface area (Å²) in [6, 6.07) is 8.03. The molecule has 0 aliphatic carbocycles. The van der Waals surface area contributed by atoms with E-state index in [1.54, 1.807) is 0 Å². The summed E-state index contributed by atoms with van der Waals surface area (Å²) in [5, 5.41) is 0. The van der Waals surface area contributed by atoms with E-state index in [2.05, 4.69) is 6.08 Å². The normalized spacial score (nSPS) is 12.7. The van der Waals surface area contributed by atoms with Gasteiger partial charge in [0.1, 0.15) is 12.4 Å². The van der Waals surface area contributed by atoms with Crippen molar-refractivity contribution in [3.05, 3.63) is 35.9 Å². The summed E-state index contributed by atoms with van der Waals surface area (Å²) in [7, 11) is 0. The van der Waals surface area contributed by atoms with Crippen LogP contribution in [0.25, 0.3) is 6.08 Å². The van der Waals surface area contributed by atoms with Crippen molar-refractivity contribution in [3.8, 4) is 5.75 Å².